The molecule has 1 aliphatic carbocycles. The summed E-state index contributed by atoms with van der Waals surface area (Å²) in [5.74, 6) is -0.285. The molecule has 0 atom stereocenters. The highest BCUT2D eigenvalue weighted by Crippen LogP contribution is 2.31. The summed E-state index contributed by atoms with van der Waals surface area (Å²) in [4.78, 5) is 28.5. The van der Waals surface area contributed by atoms with Gasteiger partial charge in [-0.2, -0.15) is 0 Å². The van der Waals surface area contributed by atoms with Crippen LogP contribution >= 0.6 is 0 Å². The molecular formula is C32H29N3O2. The van der Waals surface area contributed by atoms with Crippen LogP contribution in [0, 0.1) is 0 Å². The molecule has 1 aliphatic heterocycles. The van der Waals surface area contributed by atoms with Gasteiger partial charge in [-0.15, -0.1) is 0 Å². The van der Waals surface area contributed by atoms with Crippen LogP contribution in [-0.4, -0.2) is 24.4 Å². The van der Waals surface area contributed by atoms with Gasteiger partial charge in [0.1, 0.15) is 0 Å². The molecule has 0 radical (unpaired) electrons. The van der Waals surface area contributed by atoms with Gasteiger partial charge in [-0.3, -0.25) is 9.59 Å². The van der Waals surface area contributed by atoms with Crippen molar-refractivity contribution in [1.29, 1.82) is 0 Å². The van der Waals surface area contributed by atoms with Crippen LogP contribution in [0.1, 0.15) is 44.7 Å². The van der Waals surface area contributed by atoms with Crippen molar-refractivity contribution in [2.45, 2.75) is 31.8 Å². The lowest BCUT2D eigenvalue weighted by Crippen LogP contribution is -2.33. The SMILES string of the molecule is O=C(Nc1ccc(N2CCc3ccccc3C2)c(C(=O)NC2CC2)c1)c1ccc(-c2ccccc2)cc1. The number of benzene rings is 4. The largest absolute Gasteiger partial charge is 0.366 e. The number of carbonyl (C=O) groups is 2. The summed E-state index contributed by atoms with van der Waals surface area (Å²) < 4.78 is 0. The van der Waals surface area contributed by atoms with E-state index in [9.17, 15) is 9.59 Å². The Hall–Kier alpha value is -4.38. The van der Waals surface area contributed by atoms with Gasteiger partial charge in [0.05, 0.1) is 5.56 Å². The fourth-order valence-corrected chi connectivity index (χ4v) is 4.91. The molecule has 2 N–H and O–H groups in total. The Morgan fingerprint density at radius 1 is 0.730 bits per heavy atom. The minimum Gasteiger partial charge on any atom is -0.366 e. The van der Waals surface area contributed by atoms with E-state index in [0.29, 0.717) is 16.8 Å². The predicted molar refractivity (Wildman–Crippen MR) is 148 cm³/mol. The second kappa shape index (κ2) is 9.94. The first-order valence-corrected chi connectivity index (χ1v) is 12.9. The minimum absolute atomic E-state index is 0.0836. The van der Waals surface area contributed by atoms with Gasteiger partial charge in [0.2, 0.25) is 0 Å². The maximum Gasteiger partial charge on any atom is 0.255 e. The third kappa shape index (κ3) is 5.12. The van der Waals surface area contributed by atoms with E-state index in [1.165, 1.54) is 11.1 Å². The Morgan fingerprint density at radius 2 is 1.43 bits per heavy atom. The maximum atomic E-state index is 13.2. The molecule has 0 aromatic heterocycles. The van der Waals surface area contributed by atoms with E-state index >= 15 is 0 Å². The summed E-state index contributed by atoms with van der Waals surface area (Å²) in [6.45, 7) is 1.61. The monoisotopic (exact) mass is 487 g/mol. The van der Waals surface area contributed by atoms with Crippen LogP contribution in [0.25, 0.3) is 11.1 Å². The molecule has 2 amide bonds. The molecule has 0 saturated heterocycles. The normalized spacial score (nSPS) is 14.5. The highest BCUT2D eigenvalue weighted by molar-refractivity contribution is 6.06. The number of nitrogens with one attached hydrogen (secondary N) is 2. The molecule has 0 bridgehead atoms. The average Bonchev–Trinajstić information content (AvgIpc) is 3.77. The van der Waals surface area contributed by atoms with Gasteiger partial charge in [0.15, 0.2) is 0 Å². The molecule has 1 fully saturated rings. The number of rotatable bonds is 6. The Labute approximate surface area is 217 Å². The van der Waals surface area contributed by atoms with Gasteiger partial charge in [-0.05, 0) is 71.8 Å². The number of hydrogen-bond acceptors (Lipinski definition) is 3. The third-order valence-electron chi connectivity index (χ3n) is 7.14. The van der Waals surface area contributed by atoms with E-state index in [-0.39, 0.29) is 17.9 Å². The number of anilines is 2. The molecule has 0 unspecified atom stereocenters. The van der Waals surface area contributed by atoms with E-state index in [4.69, 9.17) is 0 Å². The fourth-order valence-electron chi connectivity index (χ4n) is 4.91. The van der Waals surface area contributed by atoms with Crippen molar-refractivity contribution < 1.29 is 9.59 Å². The summed E-state index contributed by atoms with van der Waals surface area (Å²) in [5, 5.41) is 6.11. The maximum absolute atomic E-state index is 13.2. The zero-order valence-electron chi connectivity index (χ0n) is 20.6. The van der Waals surface area contributed by atoms with Crippen molar-refractivity contribution in [1.82, 2.24) is 5.32 Å². The number of carbonyl (C=O) groups excluding carboxylic acids is 2. The molecule has 2 aliphatic rings. The lowest BCUT2D eigenvalue weighted by molar-refractivity contribution is 0.0950. The van der Waals surface area contributed by atoms with Crippen molar-refractivity contribution in [2.24, 2.45) is 0 Å². The van der Waals surface area contributed by atoms with E-state index in [1.807, 2.05) is 72.8 Å². The minimum atomic E-state index is -0.201. The van der Waals surface area contributed by atoms with Crippen molar-refractivity contribution in [3.8, 4) is 11.1 Å². The molecule has 184 valence electrons. The van der Waals surface area contributed by atoms with Crippen molar-refractivity contribution in [3.63, 3.8) is 0 Å². The standard InChI is InChI=1S/C32H29N3O2/c36-31(25-12-10-24(11-13-25)22-6-2-1-3-7-22)34-28-16-17-30(29(20-28)32(37)33-27-14-15-27)35-19-18-23-8-4-5-9-26(23)21-35/h1-13,16-17,20,27H,14-15,18-19,21H2,(H,33,37)(H,34,36). The van der Waals surface area contributed by atoms with Crippen LogP contribution in [-0.2, 0) is 13.0 Å². The lowest BCUT2D eigenvalue weighted by Gasteiger charge is -2.32. The second-order valence-electron chi connectivity index (χ2n) is 9.82. The van der Waals surface area contributed by atoms with Gasteiger partial charge < -0.3 is 15.5 Å². The zero-order chi connectivity index (χ0) is 25.2. The second-order valence-corrected chi connectivity index (χ2v) is 9.82. The third-order valence-corrected chi connectivity index (χ3v) is 7.14. The fraction of sp³-hybridized carbons (Fsp3) is 0.188. The van der Waals surface area contributed by atoms with Gasteiger partial charge in [0.25, 0.3) is 11.8 Å². The van der Waals surface area contributed by atoms with Crippen molar-refractivity contribution in [3.05, 3.63) is 119 Å². The number of hydrogen-bond donors (Lipinski definition) is 2. The summed E-state index contributed by atoms with van der Waals surface area (Å²) in [7, 11) is 0. The number of nitrogens with zero attached hydrogens (tertiary/aromatic N) is 1. The zero-order valence-corrected chi connectivity index (χ0v) is 20.6. The first-order valence-electron chi connectivity index (χ1n) is 12.9. The topological polar surface area (TPSA) is 61.4 Å². The molecule has 37 heavy (non-hydrogen) atoms. The molecule has 4 aromatic rings. The first kappa shape index (κ1) is 23.0. The Bertz CT molecular complexity index is 1440. The number of fused-ring (bicyclic) bond motifs is 1. The summed E-state index contributed by atoms with van der Waals surface area (Å²) in [5.41, 5.74) is 7.50. The summed E-state index contributed by atoms with van der Waals surface area (Å²) >= 11 is 0. The molecule has 4 aromatic carbocycles. The van der Waals surface area contributed by atoms with Crippen LogP contribution in [0.3, 0.4) is 0 Å². The van der Waals surface area contributed by atoms with Crippen LogP contribution in [0.2, 0.25) is 0 Å². The predicted octanol–water partition coefficient (Wildman–Crippen LogP) is 6.06. The molecule has 1 heterocycles. The number of amides is 2. The molecule has 1 saturated carbocycles. The van der Waals surface area contributed by atoms with E-state index in [2.05, 4.69) is 39.8 Å². The van der Waals surface area contributed by atoms with E-state index in [1.54, 1.807) is 0 Å². The van der Waals surface area contributed by atoms with Crippen LogP contribution in [0.4, 0.5) is 11.4 Å². The van der Waals surface area contributed by atoms with Crippen molar-refractivity contribution in [2.75, 3.05) is 16.8 Å². The van der Waals surface area contributed by atoms with Gasteiger partial charge >= 0.3 is 0 Å². The molecule has 5 nitrogen and oxygen atoms in total. The van der Waals surface area contributed by atoms with E-state index < -0.39 is 0 Å². The summed E-state index contributed by atoms with van der Waals surface area (Å²) in [6.07, 6.45) is 2.98. The highest BCUT2D eigenvalue weighted by Gasteiger charge is 2.27. The van der Waals surface area contributed by atoms with Gasteiger partial charge in [-0.25, -0.2) is 0 Å². The smallest absolute Gasteiger partial charge is 0.255 e. The molecule has 6 rings (SSSR count). The Kier molecular flexibility index (Phi) is 6.19. The Morgan fingerprint density at radius 3 is 2.19 bits per heavy atom. The van der Waals surface area contributed by atoms with Gasteiger partial charge in [0, 0.05) is 36.1 Å². The molecule has 0 spiro atoms. The highest BCUT2D eigenvalue weighted by atomic mass is 16.2. The van der Waals surface area contributed by atoms with Crippen LogP contribution in [0.15, 0.2) is 97.1 Å². The van der Waals surface area contributed by atoms with Crippen molar-refractivity contribution >= 4 is 23.2 Å². The quantitative estimate of drug-likeness (QED) is 0.348. The first-order chi connectivity index (χ1) is 18.1. The lowest BCUT2D eigenvalue weighted by atomic mass is 9.98. The summed E-state index contributed by atoms with van der Waals surface area (Å²) in [6, 6.07) is 32.0. The van der Waals surface area contributed by atoms with E-state index in [0.717, 1.165) is 49.2 Å². The average molecular weight is 488 g/mol. The Balaban J connectivity index is 1.23. The molecular weight excluding hydrogens is 458 g/mol. The van der Waals surface area contributed by atoms with Crippen LogP contribution < -0.4 is 15.5 Å². The van der Waals surface area contributed by atoms with Crippen LogP contribution in [0.5, 0.6) is 0 Å². The van der Waals surface area contributed by atoms with Gasteiger partial charge in [-0.1, -0.05) is 66.7 Å². The molecule has 5 heteroatoms.